The van der Waals surface area contributed by atoms with Gasteiger partial charge in [-0.25, -0.2) is 0 Å². The molecule has 58 heavy (non-hydrogen) atoms. The highest BCUT2D eigenvalue weighted by Gasteiger charge is 2.24. The highest BCUT2D eigenvalue weighted by molar-refractivity contribution is 6.25. The molecule has 9 aromatic carbocycles. The van der Waals surface area contributed by atoms with Gasteiger partial charge in [0, 0.05) is 54.9 Å². The fourth-order valence-electron chi connectivity index (χ4n) is 9.99. The Hall–Kier alpha value is -7.82. The second kappa shape index (κ2) is 11.8. The molecule has 13 aromatic rings. The Bertz CT molecular complexity index is 3620. The molecule has 0 aliphatic heterocycles. The third-order valence-corrected chi connectivity index (χ3v) is 12.3. The largest absolute Gasteiger partial charge is 0.309 e. The maximum absolute atomic E-state index is 2.47. The van der Waals surface area contributed by atoms with Crippen LogP contribution in [0.5, 0.6) is 0 Å². The molecule has 13 rings (SSSR count). The molecule has 0 bridgehead atoms. The van der Waals surface area contributed by atoms with E-state index in [0.717, 1.165) is 11.4 Å². The molecular formula is C54H34N4. The molecule has 0 radical (unpaired) electrons. The molecule has 4 heterocycles. The first-order valence-electron chi connectivity index (χ1n) is 20.0. The zero-order valence-electron chi connectivity index (χ0n) is 31.4. The molecule has 4 heteroatoms. The van der Waals surface area contributed by atoms with Gasteiger partial charge in [0.15, 0.2) is 0 Å². The Kier molecular flexibility index (Phi) is 6.41. The van der Waals surface area contributed by atoms with Crippen LogP contribution in [0.3, 0.4) is 0 Å². The zero-order valence-corrected chi connectivity index (χ0v) is 31.4. The highest BCUT2D eigenvalue weighted by atomic mass is 15.0. The Labute approximate surface area is 333 Å². The highest BCUT2D eigenvalue weighted by Crippen LogP contribution is 2.44. The number of benzene rings is 9. The van der Waals surface area contributed by atoms with E-state index in [4.69, 9.17) is 0 Å². The van der Waals surface area contributed by atoms with E-state index in [1.54, 1.807) is 0 Å². The maximum atomic E-state index is 2.47. The first kappa shape index (κ1) is 31.4. The van der Waals surface area contributed by atoms with Crippen molar-refractivity contribution in [2.24, 2.45) is 0 Å². The normalized spacial score (nSPS) is 12.1. The van der Waals surface area contributed by atoms with Crippen LogP contribution < -0.4 is 0 Å². The van der Waals surface area contributed by atoms with E-state index in [1.807, 2.05) is 0 Å². The Morgan fingerprint density at radius 1 is 0.241 bits per heavy atom. The van der Waals surface area contributed by atoms with Crippen LogP contribution in [0, 0.1) is 0 Å². The summed E-state index contributed by atoms with van der Waals surface area (Å²) >= 11 is 0. The molecule has 0 N–H and O–H groups in total. The summed E-state index contributed by atoms with van der Waals surface area (Å²) in [4.78, 5) is 0. The predicted octanol–water partition coefficient (Wildman–Crippen LogP) is 14.0. The van der Waals surface area contributed by atoms with Gasteiger partial charge in [0.1, 0.15) is 0 Å². The van der Waals surface area contributed by atoms with Gasteiger partial charge in [-0.2, -0.15) is 0 Å². The van der Waals surface area contributed by atoms with Crippen molar-refractivity contribution < 1.29 is 0 Å². The third kappa shape index (κ3) is 4.23. The molecule has 0 unspecified atom stereocenters. The molecule has 4 aromatic heterocycles. The second-order valence-corrected chi connectivity index (χ2v) is 15.3. The van der Waals surface area contributed by atoms with Crippen LogP contribution in [-0.2, 0) is 0 Å². The number of para-hydroxylation sites is 5. The lowest BCUT2D eigenvalue weighted by molar-refractivity contribution is 1.15. The molecule has 0 fully saturated rings. The van der Waals surface area contributed by atoms with E-state index in [0.29, 0.717) is 0 Å². The SMILES string of the molecule is c1ccc(-n2c3cccc4c3c3c2cccc3n4-c2ccccc2-c2cccc(-n3c4ccccc4c4cc(-n5c6ccccc6c6ccccc65)ccc43)c2)cc1. The predicted molar refractivity (Wildman–Crippen MR) is 243 cm³/mol. The number of hydrogen-bond donors (Lipinski definition) is 0. The van der Waals surface area contributed by atoms with Crippen molar-refractivity contribution in [2.75, 3.05) is 0 Å². The lowest BCUT2D eigenvalue weighted by atomic mass is 10.0. The van der Waals surface area contributed by atoms with Crippen molar-refractivity contribution in [3.8, 4) is 33.9 Å². The van der Waals surface area contributed by atoms with Crippen LogP contribution >= 0.6 is 0 Å². The van der Waals surface area contributed by atoms with Gasteiger partial charge < -0.3 is 18.3 Å². The molecular weight excluding hydrogens is 705 g/mol. The maximum Gasteiger partial charge on any atom is 0.0563 e. The summed E-state index contributed by atoms with van der Waals surface area (Å²) in [5, 5.41) is 7.60. The summed E-state index contributed by atoms with van der Waals surface area (Å²) in [6, 6.07) is 75.3. The number of hydrogen-bond acceptors (Lipinski definition) is 0. The van der Waals surface area contributed by atoms with E-state index >= 15 is 0 Å². The molecule has 0 saturated heterocycles. The van der Waals surface area contributed by atoms with Gasteiger partial charge in [0.2, 0.25) is 0 Å². The molecule has 0 aliphatic rings. The van der Waals surface area contributed by atoms with E-state index in [9.17, 15) is 0 Å². The molecule has 0 saturated carbocycles. The smallest absolute Gasteiger partial charge is 0.0563 e. The summed E-state index contributed by atoms with van der Waals surface area (Å²) in [7, 11) is 0. The van der Waals surface area contributed by atoms with Gasteiger partial charge in [0.25, 0.3) is 0 Å². The van der Waals surface area contributed by atoms with Crippen LogP contribution in [0.25, 0.3) is 110 Å². The Morgan fingerprint density at radius 3 is 1.31 bits per heavy atom. The average molecular weight is 739 g/mol. The van der Waals surface area contributed by atoms with E-state index in [1.165, 1.54) is 99.0 Å². The standard InChI is InChI=1S/C54H34N4/c1-2-16-36(17-3-1)55-49-27-13-29-51-53(49)54-50(55)28-14-30-52(54)58(51)44-23-8-4-19-39(44)35-15-12-18-37(33-35)56-47-26-11-7-22-42(47)43-34-38(31-32-48(43)56)57-45-24-9-5-20-40(45)41-21-6-10-25-46(41)57/h1-34H. The summed E-state index contributed by atoms with van der Waals surface area (Å²) in [5.41, 5.74) is 16.7. The molecule has 270 valence electrons. The summed E-state index contributed by atoms with van der Waals surface area (Å²) in [6.45, 7) is 0. The minimum Gasteiger partial charge on any atom is -0.309 e. The van der Waals surface area contributed by atoms with Crippen molar-refractivity contribution in [1.29, 1.82) is 0 Å². The van der Waals surface area contributed by atoms with E-state index in [-0.39, 0.29) is 0 Å². The zero-order chi connectivity index (χ0) is 37.9. The van der Waals surface area contributed by atoms with Crippen molar-refractivity contribution in [2.45, 2.75) is 0 Å². The van der Waals surface area contributed by atoms with Crippen LogP contribution in [-0.4, -0.2) is 18.3 Å². The van der Waals surface area contributed by atoms with Gasteiger partial charge in [-0.15, -0.1) is 0 Å². The van der Waals surface area contributed by atoms with Gasteiger partial charge in [-0.3, -0.25) is 0 Å². The molecule has 0 atom stereocenters. The van der Waals surface area contributed by atoms with Crippen molar-refractivity contribution >= 4 is 76.5 Å². The lowest BCUT2D eigenvalue weighted by Crippen LogP contribution is -2.00. The van der Waals surface area contributed by atoms with E-state index < -0.39 is 0 Å². The monoisotopic (exact) mass is 738 g/mol. The third-order valence-electron chi connectivity index (χ3n) is 12.3. The number of nitrogens with zero attached hydrogens (tertiary/aromatic N) is 4. The Morgan fingerprint density at radius 2 is 0.672 bits per heavy atom. The topological polar surface area (TPSA) is 19.7 Å². The van der Waals surface area contributed by atoms with Crippen LogP contribution in [0.15, 0.2) is 206 Å². The van der Waals surface area contributed by atoms with Gasteiger partial charge in [-0.1, -0.05) is 115 Å². The first-order valence-corrected chi connectivity index (χ1v) is 20.0. The lowest BCUT2D eigenvalue weighted by Gasteiger charge is -2.17. The minimum atomic E-state index is 1.13. The molecule has 0 aliphatic carbocycles. The fourth-order valence-corrected chi connectivity index (χ4v) is 9.99. The van der Waals surface area contributed by atoms with Gasteiger partial charge in [0.05, 0.1) is 49.8 Å². The van der Waals surface area contributed by atoms with E-state index in [2.05, 4.69) is 225 Å². The Balaban J connectivity index is 0.995. The number of fused-ring (bicyclic) bond motifs is 6. The number of rotatable bonds is 5. The average Bonchev–Trinajstić information content (AvgIpc) is 4.02. The molecule has 0 amide bonds. The quantitative estimate of drug-likeness (QED) is 0.168. The van der Waals surface area contributed by atoms with Gasteiger partial charge in [-0.05, 0) is 96.6 Å². The molecule has 4 nitrogen and oxygen atoms in total. The van der Waals surface area contributed by atoms with Crippen molar-refractivity contribution in [3.05, 3.63) is 206 Å². The van der Waals surface area contributed by atoms with Crippen molar-refractivity contribution in [1.82, 2.24) is 18.3 Å². The van der Waals surface area contributed by atoms with Crippen LogP contribution in [0.2, 0.25) is 0 Å². The summed E-state index contributed by atoms with van der Waals surface area (Å²) in [6.07, 6.45) is 0. The molecule has 0 spiro atoms. The fraction of sp³-hybridized carbons (Fsp3) is 0. The first-order chi connectivity index (χ1) is 28.8. The van der Waals surface area contributed by atoms with Crippen LogP contribution in [0.4, 0.5) is 0 Å². The minimum absolute atomic E-state index is 1.13. The van der Waals surface area contributed by atoms with Crippen molar-refractivity contribution in [3.63, 3.8) is 0 Å². The summed E-state index contributed by atoms with van der Waals surface area (Å²) in [5.74, 6) is 0. The number of aromatic nitrogens is 4. The van der Waals surface area contributed by atoms with Crippen LogP contribution in [0.1, 0.15) is 0 Å². The second-order valence-electron chi connectivity index (χ2n) is 15.3. The van der Waals surface area contributed by atoms with Gasteiger partial charge >= 0.3 is 0 Å². The summed E-state index contributed by atoms with van der Waals surface area (Å²) < 4.78 is 9.72.